The third kappa shape index (κ3) is 5.02. The third-order valence-electron chi connectivity index (χ3n) is 2.90. The molecule has 0 bridgehead atoms. The van der Waals surface area contributed by atoms with Crippen LogP contribution in [0.5, 0.6) is 0 Å². The molecule has 3 N–H and O–H groups in total. The summed E-state index contributed by atoms with van der Waals surface area (Å²) in [6, 6.07) is 0.772. The van der Waals surface area contributed by atoms with Crippen LogP contribution >= 0.6 is 0 Å². The molecule has 0 aromatic heterocycles. The van der Waals surface area contributed by atoms with E-state index in [4.69, 9.17) is 10.9 Å². The zero-order valence-corrected chi connectivity index (χ0v) is 9.65. The first-order valence-electron chi connectivity index (χ1n) is 5.98. The van der Waals surface area contributed by atoms with Gasteiger partial charge in [0.25, 0.3) is 0 Å². The second-order valence-corrected chi connectivity index (χ2v) is 4.32. The quantitative estimate of drug-likeness (QED) is 0.212. The first-order valence-corrected chi connectivity index (χ1v) is 5.98. The average molecular weight is 213 g/mol. The van der Waals surface area contributed by atoms with Crippen LogP contribution in [-0.4, -0.2) is 35.1 Å². The molecule has 0 unspecified atom stereocenters. The van der Waals surface area contributed by atoms with Crippen molar-refractivity contribution in [3.8, 4) is 0 Å². The highest BCUT2D eigenvalue weighted by Crippen LogP contribution is 2.27. The number of nitrogens with zero attached hydrogens (tertiary/aromatic N) is 2. The van der Waals surface area contributed by atoms with Crippen LogP contribution in [0, 0.1) is 0 Å². The lowest BCUT2D eigenvalue weighted by molar-refractivity contribution is 0.262. The summed E-state index contributed by atoms with van der Waals surface area (Å²) in [5, 5.41) is 11.5. The van der Waals surface area contributed by atoms with Gasteiger partial charge >= 0.3 is 0 Å². The molecule has 1 fully saturated rings. The van der Waals surface area contributed by atoms with E-state index >= 15 is 0 Å². The summed E-state index contributed by atoms with van der Waals surface area (Å²) in [6.07, 6.45) is 7.15. The molecule has 0 atom stereocenters. The Morgan fingerprint density at radius 3 is 2.67 bits per heavy atom. The Morgan fingerprint density at radius 2 is 2.13 bits per heavy atom. The number of oxime groups is 1. The van der Waals surface area contributed by atoms with Crippen molar-refractivity contribution in [2.75, 3.05) is 13.1 Å². The van der Waals surface area contributed by atoms with E-state index in [0.717, 1.165) is 19.1 Å². The molecule has 4 nitrogen and oxygen atoms in total. The molecule has 1 rings (SSSR count). The lowest BCUT2D eigenvalue weighted by Gasteiger charge is -2.21. The molecule has 4 heteroatoms. The molecule has 0 saturated heterocycles. The van der Waals surface area contributed by atoms with E-state index in [2.05, 4.69) is 17.0 Å². The molecule has 1 aliphatic rings. The average Bonchev–Trinajstić information content (AvgIpc) is 3.06. The van der Waals surface area contributed by atoms with Gasteiger partial charge in [-0.3, -0.25) is 4.90 Å². The smallest absolute Gasteiger partial charge is 0.140 e. The maximum absolute atomic E-state index is 8.46. The molecule has 88 valence electrons. The summed E-state index contributed by atoms with van der Waals surface area (Å²) < 4.78 is 0. The van der Waals surface area contributed by atoms with Gasteiger partial charge < -0.3 is 10.9 Å². The number of unbranched alkanes of at least 4 members (excludes halogenated alkanes) is 2. The maximum atomic E-state index is 8.46. The fourth-order valence-corrected chi connectivity index (χ4v) is 1.79. The van der Waals surface area contributed by atoms with E-state index in [1.807, 2.05) is 0 Å². The predicted molar refractivity (Wildman–Crippen MR) is 62.1 cm³/mol. The number of rotatable bonds is 8. The van der Waals surface area contributed by atoms with Gasteiger partial charge in [0.2, 0.25) is 0 Å². The van der Waals surface area contributed by atoms with E-state index in [1.165, 1.54) is 32.1 Å². The highest BCUT2D eigenvalue weighted by atomic mass is 16.4. The lowest BCUT2D eigenvalue weighted by Crippen LogP contribution is -2.31. The highest BCUT2D eigenvalue weighted by molar-refractivity contribution is 5.79. The monoisotopic (exact) mass is 213 g/mol. The molecule has 1 aliphatic carbocycles. The summed E-state index contributed by atoms with van der Waals surface area (Å²) in [5.41, 5.74) is 5.47. The van der Waals surface area contributed by atoms with Crippen molar-refractivity contribution in [1.29, 1.82) is 0 Å². The van der Waals surface area contributed by atoms with Crippen LogP contribution < -0.4 is 5.73 Å². The minimum absolute atomic E-state index is 0.344. The van der Waals surface area contributed by atoms with Crippen molar-refractivity contribution < 1.29 is 5.21 Å². The maximum Gasteiger partial charge on any atom is 0.140 e. The van der Waals surface area contributed by atoms with Gasteiger partial charge in [0.05, 0.1) is 0 Å². The van der Waals surface area contributed by atoms with Crippen molar-refractivity contribution in [2.45, 2.75) is 51.5 Å². The van der Waals surface area contributed by atoms with Crippen LogP contribution in [0.4, 0.5) is 0 Å². The zero-order valence-electron chi connectivity index (χ0n) is 9.65. The Kier molecular flexibility index (Phi) is 5.47. The van der Waals surface area contributed by atoms with E-state index in [9.17, 15) is 0 Å². The van der Waals surface area contributed by atoms with Gasteiger partial charge in [-0.1, -0.05) is 24.9 Å². The molecular weight excluding hydrogens is 190 g/mol. The van der Waals surface area contributed by atoms with Gasteiger partial charge in [-0.15, -0.1) is 0 Å². The summed E-state index contributed by atoms with van der Waals surface area (Å²) in [4.78, 5) is 2.48. The number of hydrogen-bond donors (Lipinski definition) is 2. The van der Waals surface area contributed by atoms with Crippen molar-refractivity contribution in [3.05, 3.63) is 0 Å². The van der Waals surface area contributed by atoms with Gasteiger partial charge in [-0.2, -0.15) is 0 Å². The van der Waals surface area contributed by atoms with E-state index < -0.39 is 0 Å². The van der Waals surface area contributed by atoms with Crippen molar-refractivity contribution in [2.24, 2.45) is 10.9 Å². The fourth-order valence-electron chi connectivity index (χ4n) is 1.79. The number of amidine groups is 1. The van der Waals surface area contributed by atoms with Crippen LogP contribution in [0.15, 0.2) is 5.16 Å². The first kappa shape index (κ1) is 12.3. The molecule has 0 heterocycles. The van der Waals surface area contributed by atoms with Gasteiger partial charge in [-0.05, 0) is 25.8 Å². The molecular formula is C11H23N3O. The Bertz CT molecular complexity index is 202. The minimum Gasteiger partial charge on any atom is -0.409 e. The summed E-state index contributed by atoms with van der Waals surface area (Å²) in [6.45, 7) is 4.32. The van der Waals surface area contributed by atoms with Gasteiger partial charge in [0.15, 0.2) is 0 Å². The Balaban J connectivity index is 2.18. The van der Waals surface area contributed by atoms with Crippen molar-refractivity contribution in [1.82, 2.24) is 4.90 Å². The summed E-state index contributed by atoms with van der Waals surface area (Å²) >= 11 is 0. The summed E-state index contributed by atoms with van der Waals surface area (Å²) in [5.74, 6) is 0.344. The Morgan fingerprint density at radius 1 is 1.40 bits per heavy atom. The molecule has 1 saturated carbocycles. The molecule has 15 heavy (non-hydrogen) atoms. The van der Waals surface area contributed by atoms with E-state index in [0.29, 0.717) is 12.3 Å². The fraction of sp³-hybridized carbons (Fsp3) is 0.909. The normalized spacial score (nSPS) is 17.3. The molecule has 0 spiro atoms. The largest absolute Gasteiger partial charge is 0.409 e. The Labute approximate surface area is 92.1 Å². The Hall–Kier alpha value is -0.770. The van der Waals surface area contributed by atoms with E-state index in [1.54, 1.807) is 0 Å². The third-order valence-corrected chi connectivity index (χ3v) is 2.90. The number of nitrogens with two attached hydrogens (primary N) is 1. The van der Waals surface area contributed by atoms with Crippen LogP contribution in [0.1, 0.15) is 45.4 Å². The second kappa shape index (κ2) is 6.67. The van der Waals surface area contributed by atoms with Crippen LogP contribution in [-0.2, 0) is 0 Å². The predicted octanol–water partition coefficient (Wildman–Crippen LogP) is 1.78. The lowest BCUT2D eigenvalue weighted by atomic mass is 10.2. The van der Waals surface area contributed by atoms with Crippen LogP contribution in [0.2, 0.25) is 0 Å². The van der Waals surface area contributed by atoms with Crippen LogP contribution in [0.25, 0.3) is 0 Å². The molecule has 0 amide bonds. The number of hydrogen-bond acceptors (Lipinski definition) is 3. The van der Waals surface area contributed by atoms with Gasteiger partial charge in [-0.25, -0.2) is 0 Å². The first-order chi connectivity index (χ1) is 7.27. The van der Waals surface area contributed by atoms with Crippen molar-refractivity contribution >= 4 is 5.84 Å². The summed E-state index contributed by atoms with van der Waals surface area (Å²) in [7, 11) is 0. The highest BCUT2D eigenvalue weighted by Gasteiger charge is 2.28. The SMILES string of the molecule is CCCCCN(CCC(N)=NO)C1CC1. The topological polar surface area (TPSA) is 61.8 Å². The van der Waals surface area contributed by atoms with E-state index in [-0.39, 0.29) is 0 Å². The van der Waals surface area contributed by atoms with Crippen LogP contribution in [0.3, 0.4) is 0 Å². The molecule has 0 aromatic rings. The van der Waals surface area contributed by atoms with Crippen molar-refractivity contribution in [3.63, 3.8) is 0 Å². The minimum atomic E-state index is 0.344. The second-order valence-electron chi connectivity index (χ2n) is 4.32. The molecule has 0 aliphatic heterocycles. The molecule has 0 radical (unpaired) electrons. The molecule has 0 aromatic carbocycles. The standard InChI is InChI=1S/C11H23N3O/c1-2-3-4-8-14(10-5-6-10)9-7-11(12)13-15/h10,15H,2-9H2,1H3,(H2,12,13). The van der Waals surface area contributed by atoms with Gasteiger partial charge in [0.1, 0.15) is 5.84 Å². The zero-order chi connectivity index (χ0) is 11.1. The van der Waals surface area contributed by atoms with Gasteiger partial charge in [0, 0.05) is 19.0 Å².